The molecule has 0 aliphatic heterocycles. The first-order valence-corrected chi connectivity index (χ1v) is 8.77. The van der Waals surface area contributed by atoms with Crippen LogP contribution in [0.5, 0.6) is 0 Å². The standard InChI is InChI=1S/C18H29ClN2/c1-15(2)11-13-21(16-7-3-4-8-16)14-12-20-18-10-6-5-9-17(18)19/h5-6,9-10,15-16,20H,3-4,7-8,11-14H2,1-2H3. The lowest BCUT2D eigenvalue weighted by Gasteiger charge is -2.29. The number of hydrogen-bond donors (Lipinski definition) is 1. The predicted octanol–water partition coefficient (Wildman–Crippen LogP) is 5.04. The molecule has 0 heterocycles. The number of hydrogen-bond acceptors (Lipinski definition) is 2. The van der Waals surface area contributed by atoms with Crippen LogP contribution in [0.2, 0.25) is 5.02 Å². The quantitative estimate of drug-likeness (QED) is 0.723. The molecule has 1 aliphatic carbocycles. The van der Waals surface area contributed by atoms with Crippen LogP contribution >= 0.6 is 11.6 Å². The van der Waals surface area contributed by atoms with E-state index in [0.717, 1.165) is 35.8 Å². The first kappa shape index (κ1) is 16.6. The molecule has 1 aromatic rings. The smallest absolute Gasteiger partial charge is 0.0637 e. The number of para-hydroxylation sites is 1. The second-order valence-electron chi connectivity index (χ2n) is 6.56. The average molecular weight is 309 g/mol. The first-order chi connectivity index (χ1) is 10.2. The van der Waals surface area contributed by atoms with Gasteiger partial charge in [0.05, 0.1) is 10.7 Å². The van der Waals surface area contributed by atoms with Gasteiger partial charge in [0.1, 0.15) is 0 Å². The second-order valence-corrected chi connectivity index (χ2v) is 6.97. The van der Waals surface area contributed by atoms with Gasteiger partial charge in [-0.3, -0.25) is 4.90 Å². The van der Waals surface area contributed by atoms with Crippen molar-refractivity contribution in [2.75, 3.05) is 25.0 Å². The largest absolute Gasteiger partial charge is 0.383 e. The molecule has 1 aromatic carbocycles. The van der Waals surface area contributed by atoms with Gasteiger partial charge in [-0.2, -0.15) is 0 Å². The molecule has 3 heteroatoms. The molecular weight excluding hydrogens is 280 g/mol. The Kier molecular flexibility index (Phi) is 6.85. The second kappa shape index (κ2) is 8.65. The van der Waals surface area contributed by atoms with Crippen LogP contribution in [0.15, 0.2) is 24.3 Å². The summed E-state index contributed by atoms with van der Waals surface area (Å²) in [6, 6.07) is 8.80. The average Bonchev–Trinajstić information content (AvgIpc) is 2.98. The fourth-order valence-electron chi connectivity index (χ4n) is 3.11. The summed E-state index contributed by atoms with van der Waals surface area (Å²) in [7, 11) is 0. The Morgan fingerprint density at radius 3 is 2.57 bits per heavy atom. The molecule has 0 radical (unpaired) electrons. The lowest BCUT2D eigenvalue weighted by molar-refractivity contribution is 0.195. The van der Waals surface area contributed by atoms with Gasteiger partial charge in [-0.15, -0.1) is 0 Å². The molecule has 2 nitrogen and oxygen atoms in total. The third-order valence-corrected chi connectivity index (χ3v) is 4.75. The summed E-state index contributed by atoms with van der Waals surface area (Å²) in [6.07, 6.45) is 6.86. The maximum Gasteiger partial charge on any atom is 0.0637 e. The topological polar surface area (TPSA) is 15.3 Å². The minimum absolute atomic E-state index is 0.783. The fourth-order valence-corrected chi connectivity index (χ4v) is 3.31. The Hall–Kier alpha value is -0.730. The highest BCUT2D eigenvalue weighted by Crippen LogP contribution is 2.24. The van der Waals surface area contributed by atoms with Crippen LogP contribution in [0, 0.1) is 5.92 Å². The summed E-state index contributed by atoms with van der Waals surface area (Å²) >= 11 is 6.19. The molecule has 0 amide bonds. The zero-order valence-electron chi connectivity index (χ0n) is 13.4. The van der Waals surface area contributed by atoms with Crippen LogP contribution in [-0.4, -0.2) is 30.6 Å². The molecule has 2 rings (SSSR count). The summed E-state index contributed by atoms with van der Waals surface area (Å²) in [5.74, 6) is 0.783. The van der Waals surface area contributed by atoms with Gasteiger partial charge in [-0.25, -0.2) is 0 Å². The Balaban J connectivity index is 1.82. The van der Waals surface area contributed by atoms with Crippen molar-refractivity contribution in [2.24, 2.45) is 5.92 Å². The lowest BCUT2D eigenvalue weighted by atomic mass is 10.1. The fraction of sp³-hybridized carbons (Fsp3) is 0.667. The Morgan fingerprint density at radius 1 is 1.19 bits per heavy atom. The lowest BCUT2D eigenvalue weighted by Crippen LogP contribution is -2.38. The maximum absolute atomic E-state index is 6.19. The van der Waals surface area contributed by atoms with E-state index in [9.17, 15) is 0 Å². The molecule has 0 atom stereocenters. The number of anilines is 1. The monoisotopic (exact) mass is 308 g/mol. The molecule has 0 spiro atoms. The Morgan fingerprint density at radius 2 is 1.90 bits per heavy atom. The van der Waals surface area contributed by atoms with Crippen molar-refractivity contribution >= 4 is 17.3 Å². The van der Waals surface area contributed by atoms with E-state index < -0.39 is 0 Å². The van der Waals surface area contributed by atoms with Crippen molar-refractivity contribution < 1.29 is 0 Å². The number of nitrogens with one attached hydrogen (secondary N) is 1. The van der Waals surface area contributed by atoms with Crippen molar-refractivity contribution in [1.82, 2.24) is 4.90 Å². The molecule has 21 heavy (non-hydrogen) atoms. The molecule has 1 saturated carbocycles. The van der Waals surface area contributed by atoms with Gasteiger partial charge in [-0.05, 0) is 43.9 Å². The van der Waals surface area contributed by atoms with E-state index in [4.69, 9.17) is 11.6 Å². The molecule has 0 saturated heterocycles. The minimum Gasteiger partial charge on any atom is -0.383 e. The minimum atomic E-state index is 0.783. The van der Waals surface area contributed by atoms with E-state index >= 15 is 0 Å². The van der Waals surface area contributed by atoms with Crippen LogP contribution in [0.25, 0.3) is 0 Å². The molecule has 0 bridgehead atoms. The normalized spacial score (nSPS) is 16.0. The molecule has 0 unspecified atom stereocenters. The Bertz CT molecular complexity index is 413. The highest BCUT2D eigenvalue weighted by atomic mass is 35.5. The summed E-state index contributed by atoms with van der Waals surface area (Å²) in [4.78, 5) is 2.69. The molecular formula is C18H29ClN2. The number of benzene rings is 1. The van der Waals surface area contributed by atoms with E-state index in [-0.39, 0.29) is 0 Å². The summed E-state index contributed by atoms with van der Waals surface area (Å²) in [5.41, 5.74) is 1.05. The van der Waals surface area contributed by atoms with Crippen molar-refractivity contribution in [2.45, 2.75) is 52.0 Å². The SMILES string of the molecule is CC(C)CCN(CCNc1ccccc1Cl)C1CCCC1. The highest BCUT2D eigenvalue weighted by Gasteiger charge is 2.22. The summed E-state index contributed by atoms with van der Waals surface area (Å²) < 4.78 is 0. The predicted molar refractivity (Wildman–Crippen MR) is 93.2 cm³/mol. The maximum atomic E-state index is 6.19. The van der Waals surface area contributed by atoms with Crippen LogP contribution in [0.1, 0.15) is 46.0 Å². The van der Waals surface area contributed by atoms with Crippen LogP contribution < -0.4 is 5.32 Å². The van der Waals surface area contributed by atoms with Gasteiger partial charge in [0.15, 0.2) is 0 Å². The highest BCUT2D eigenvalue weighted by molar-refractivity contribution is 6.33. The van der Waals surface area contributed by atoms with E-state index in [0.29, 0.717) is 0 Å². The number of rotatable bonds is 8. The van der Waals surface area contributed by atoms with Crippen LogP contribution in [0.4, 0.5) is 5.69 Å². The van der Waals surface area contributed by atoms with Gasteiger partial charge in [0, 0.05) is 19.1 Å². The van der Waals surface area contributed by atoms with Gasteiger partial charge in [0.25, 0.3) is 0 Å². The van der Waals surface area contributed by atoms with Crippen LogP contribution in [0.3, 0.4) is 0 Å². The van der Waals surface area contributed by atoms with Gasteiger partial charge in [-0.1, -0.05) is 50.4 Å². The molecule has 1 aliphatic rings. The molecule has 0 aromatic heterocycles. The number of halogens is 1. The van der Waals surface area contributed by atoms with Crippen LogP contribution in [-0.2, 0) is 0 Å². The van der Waals surface area contributed by atoms with E-state index in [1.165, 1.54) is 38.6 Å². The Labute approximate surface area is 134 Å². The van der Waals surface area contributed by atoms with Gasteiger partial charge < -0.3 is 5.32 Å². The van der Waals surface area contributed by atoms with Crippen molar-refractivity contribution in [3.8, 4) is 0 Å². The molecule has 118 valence electrons. The van der Waals surface area contributed by atoms with E-state index in [1.54, 1.807) is 0 Å². The molecule has 1 N–H and O–H groups in total. The van der Waals surface area contributed by atoms with Crippen molar-refractivity contribution in [1.29, 1.82) is 0 Å². The summed E-state index contributed by atoms with van der Waals surface area (Å²) in [5, 5.41) is 4.29. The first-order valence-electron chi connectivity index (χ1n) is 8.39. The van der Waals surface area contributed by atoms with Gasteiger partial charge in [0.2, 0.25) is 0 Å². The summed E-state index contributed by atoms with van der Waals surface area (Å²) in [6.45, 7) is 7.94. The molecule has 1 fully saturated rings. The number of nitrogens with zero attached hydrogens (tertiary/aromatic N) is 1. The van der Waals surface area contributed by atoms with E-state index in [2.05, 4.69) is 30.1 Å². The third kappa shape index (κ3) is 5.52. The van der Waals surface area contributed by atoms with Crippen molar-refractivity contribution in [3.05, 3.63) is 29.3 Å². The third-order valence-electron chi connectivity index (χ3n) is 4.42. The zero-order chi connectivity index (χ0) is 15.1. The van der Waals surface area contributed by atoms with Crippen molar-refractivity contribution in [3.63, 3.8) is 0 Å². The van der Waals surface area contributed by atoms with Gasteiger partial charge >= 0.3 is 0 Å². The van der Waals surface area contributed by atoms with E-state index in [1.807, 2.05) is 18.2 Å². The zero-order valence-corrected chi connectivity index (χ0v) is 14.2.